The van der Waals surface area contributed by atoms with E-state index in [4.69, 9.17) is 6.42 Å². The lowest BCUT2D eigenvalue weighted by Gasteiger charge is -2.38. The molecule has 2 heterocycles. The van der Waals surface area contributed by atoms with Crippen molar-refractivity contribution in [2.24, 2.45) is 5.92 Å². The Bertz CT molecular complexity index is 872. The Balaban J connectivity index is 2.00. The number of carbonyl (C=O) groups is 1. The van der Waals surface area contributed by atoms with Gasteiger partial charge in [-0.05, 0) is 42.5 Å². The first-order chi connectivity index (χ1) is 12.3. The van der Waals surface area contributed by atoms with Crippen LogP contribution in [0.2, 0.25) is 0 Å². The standard InChI is InChI=1S/C19H18F3N3O/c1-3-17(26)24-13-9-12(2)10-25(11-13)16-7-6-15(19(20,21)22)18-14(16)5-4-8-23-18/h1,4-8,12-13H,9-11H2,2H3,(H,24,26)/t12?,13-/m1/s1. The molecule has 1 N–H and O–H groups in total. The smallest absolute Gasteiger partial charge is 0.369 e. The number of amides is 1. The number of alkyl halides is 3. The first-order valence-corrected chi connectivity index (χ1v) is 8.26. The van der Waals surface area contributed by atoms with Gasteiger partial charge < -0.3 is 10.2 Å². The minimum Gasteiger partial charge on any atom is -0.369 e. The summed E-state index contributed by atoms with van der Waals surface area (Å²) in [5.41, 5.74) is -0.147. The van der Waals surface area contributed by atoms with Crippen molar-refractivity contribution < 1.29 is 18.0 Å². The van der Waals surface area contributed by atoms with Gasteiger partial charge in [0.25, 0.3) is 5.91 Å². The first-order valence-electron chi connectivity index (χ1n) is 8.26. The molecule has 1 aliphatic heterocycles. The highest BCUT2D eigenvalue weighted by Crippen LogP contribution is 2.38. The van der Waals surface area contributed by atoms with E-state index in [9.17, 15) is 18.0 Å². The van der Waals surface area contributed by atoms with Crippen molar-refractivity contribution in [1.82, 2.24) is 10.3 Å². The topological polar surface area (TPSA) is 45.2 Å². The molecule has 1 aromatic heterocycles. The van der Waals surface area contributed by atoms with Gasteiger partial charge in [-0.15, -0.1) is 6.42 Å². The fourth-order valence-electron chi connectivity index (χ4n) is 3.54. The van der Waals surface area contributed by atoms with Crippen molar-refractivity contribution in [2.45, 2.75) is 25.6 Å². The average molecular weight is 361 g/mol. The van der Waals surface area contributed by atoms with Crippen LogP contribution in [0, 0.1) is 18.3 Å². The number of benzene rings is 1. The molecule has 0 spiro atoms. The summed E-state index contributed by atoms with van der Waals surface area (Å²) in [6.45, 7) is 3.19. The molecule has 1 amide bonds. The van der Waals surface area contributed by atoms with Crippen LogP contribution in [0.1, 0.15) is 18.9 Å². The Labute approximate surface area is 149 Å². The quantitative estimate of drug-likeness (QED) is 0.836. The number of nitrogens with one attached hydrogen (secondary N) is 1. The molecular formula is C19H18F3N3O. The summed E-state index contributed by atoms with van der Waals surface area (Å²) in [4.78, 5) is 17.4. The largest absolute Gasteiger partial charge is 0.418 e. The van der Waals surface area contributed by atoms with Crippen molar-refractivity contribution in [2.75, 3.05) is 18.0 Å². The molecule has 136 valence electrons. The van der Waals surface area contributed by atoms with E-state index in [-0.39, 0.29) is 17.5 Å². The second-order valence-corrected chi connectivity index (χ2v) is 6.59. The Morgan fingerprint density at radius 3 is 2.81 bits per heavy atom. The molecule has 0 radical (unpaired) electrons. The van der Waals surface area contributed by atoms with E-state index >= 15 is 0 Å². The number of fused-ring (bicyclic) bond motifs is 1. The van der Waals surface area contributed by atoms with E-state index < -0.39 is 17.6 Å². The third-order valence-electron chi connectivity index (χ3n) is 4.52. The SMILES string of the molecule is C#CC(=O)N[C@@H]1CC(C)CN(c2ccc(C(F)(F)F)c3ncccc23)C1. The molecule has 4 nitrogen and oxygen atoms in total. The van der Waals surface area contributed by atoms with Crippen LogP contribution < -0.4 is 10.2 Å². The molecule has 1 saturated heterocycles. The molecule has 1 fully saturated rings. The number of pyridine rings is 1. The number of hydrogen-bond donors (Lipinski definition) is 1. The second-order valence-electron chi connectivity index (χ2n) is 6.59. The molecule has 0 saturated carbocycles. The zero-order chi connectivity index (χ0) is 18.9. The Morgan fingerprint density at radius 1 is 1.35 bits per heavy atom. The number of anilines is 1. The van der Waals surface area contributed by atoms with Gasteiger partial charge in [0.15, 0.2) is 0 Å². The van der Waals surface area contributed by atoms with Gasteiger partial charge in [0.05, 0.1) is 11.1 Å². The van der Waals surface area contributed by atoms with Gasteiger partial charge >= 0.3 is 6.18 Å². The molecule has 0 bridgehead atoms. The molecule has 2 aromatic rings. The third-order valence-corrected chi connectivity index (χ3v) is 4.52. The third kappa shape index (κ3) is 3.59. The maximum atomic E-state index is 13.3. The number of carbonyl (C=O) groups excluding carboxylic acids is 1. The van der Waals surface area contributed by atoms with Gasteiger partial charge in [0.2, 0.25) is 0 Å². The Hall–Kier alpha value is -2.75. The lowest BCUT2D eigenvalue weighted by molar-refractivity contribution is -0.136. The Kier molecular flexibility index (Phi) is 4.77. The van der Waals surface area contributed by atoms with Crippen LogP contribution >= 0.6 is 0 Å². The molecule has 2 atom stereocenters. The lowest BCUT2D eigenvalue weighted by atomic mass is 9.94. The predicted octanol–water partition coefficient (Wildman–Crippen LogP) is 3.22. The Morgan fingerprint density at radius 2 is 2.12 bits per heavy atom. The average Bonchev–Trinajstić information content (AvgIpc) is 2.59. The number of aromatic nitrogens is 1. The highest BCUT2D eigenvalue weighted by atomic mass is 19.4. The summed E-state index contributed by atoms with van der Waals surface area (Å²) < 4.78 is 39.8. The van der Waals surface area contributed by atoms with Crippen LogP contribution in [-0.2, 0) is 11.0 Å². The number of hydrogen-bond acceptors (Lipinski definition) is 3. The van der Waals surface area contributed by atoms with Crippen LogP contribution in [0.4, 0.5) is 18.9 Å². The van der Waals surface area contributed by atoms with E-state index in [0.29, 0.717) is 24.2 Å². The number of halogens is 3. The van der Waals surface area contributed by atoms with Crippen molar-refractivity contribution in [3.05, 3.63) is 36.0 Å². The van der Waals surface area contributed by atoms with Crippen molar-refractivity contribution >= 4 is 22.5 Å². The molecule has 1 unspecified atom stereocenters. The van der Waals surface area contributed by atoms with Crippen LogP contribution in [0.3, 0.4) is 0 Å². The van der Waals surface area contributed by atoms with E-state index in [1.54, 1.807) is 12.1 Å². The van der Waals surface area contributed by atoms with Crippen LogP contribution in [-0.4, -0.2) is 30.0 Å². The van der Waals surface area contributed by atoms with Gasteiger partial charge in [0.1, 0.15) is 0 Å². The fourth-order valence-corrected chi connectivity index (χ4v) is 3.54. The van der Waals surface area contributed by atoms with Gasteiger partial charge in [-0.2, -0.15) is 13.2 Å². The summed E-state index contributed by atoms with van der Waals surface area (Å²) in [5, 5.41) is 3.21. The van der Waals surface area contributed by atoms with Crippen LogP contribution in [0.5, 0.6) is 0 Å². The van der Waals surface area contributed by atoms with E-state index in [2.05, 4.69) is 10.3 Å². The minimum atomic E-state index is -4.47. The van der Waals surface area contributed by atoms with E-state index in [0.717, 1.165) is 12.5 Å². The normalized spacial score (nSPS) is 20.7. The molecule has 3 rings (SSSR count). The zero-order valence-corrected chi connectivity index (χ0v) is 14.2. The van der Waals surface area contributed by atoms with E-state index in [1.807, 2.05) is 17.7 Å². The predicted molar refractivity (Wildman–Crippen MR) is 93.5 cm³/mol. The summed E-state index contributed by atoms with van der Waals surface area (Å²) in [7, 11) is 0. The summed E-state index contributed by atoms with van der Waals surface area (Å²) in [5.74, 6) is 1.80. The first kappa shape index (κ1) is 18.1. The van der Waals surface area contributed by atoms with Gasteiger partial charge in [-0.25, -0.2) is 0 Å². The highest BCUT2D eigenvalue weighted by molar-refractivity contribution is 5.95. The maximum Gasteiger partial charge on any atom is 0.418 e. The minimum absolute atomic E-state index is 0.0695. The number of terminal acetylenes is 1. The van der Waals surface area contributed by atoms with Crippen molar-refractivity contribution in [3.8, 4) is 12.3 Å². The molecule has 0 aliphatic carbocycles. The molecule has 7 heteroatoms. The number of rotatable bonds is 2. The van der Waals surface area contributed by atoms with Crippen molar-refractivity contribution in [3.63, 3.8) is 0 Å². The molecule has 1 aliphatic rings. The van der Waals surface area contributed by atoms with Gasteiger partial charge in [-0.1, -0.05) is 6.92 Å². The maximum absolute atomic E-state index is 13.3. The van der Waals surface area contributed by atoms with E-state index in [1.165, 1.54) is 12.3 Å². The lowest BCUT2D eigenvalue weighted by Crippen LogP contribution is -2.50. The number of nitrogens with zero attached hydrogens (tertiary/aromatic N) is 2. The summed E-state index contributed by atoms with van der Waals surface area (Å²) >= 11 is 0. The van der Waals surface area contributed by atoms with Crippen LogP contribution in [0.25, 0.3) is 10.9 Å². The van der Waals surface area contributed by atoms with Gasteiger partial charge in [0, 0.05) is 36.4 Å². The second kappa shape index (κ2) is 6.87. The zero-order valence-electron chi connectivity index (χ0n) is 14.2. The molecular weight excluding hydrogens is 343 g/mol. The fraction of sp³-hybridized carbons (Fsp3) is 0.368. The van der Waals surface area contributed by atoms with Crippen LogP contribution in [0.15, 0.2) is 30.5 Å². The molecule has 1 aromatic carbocycles. The van der Waals surface area contributed by atoms with Crippen molar-refractivity contribution in [1.29, 1.82) is 0 Å². The van der Waals surface area contributed by atoms with Gasteiger partial charge in [-0.3, -0.25) is 9.78 Å². The summed E-state index contributed by atoms with van der Waals surface area (Å²) in [6, 6.07) is 5.65. The summed E-state index contributed by atoms with van der Waals surface area (Å²) in [6.07, 6.45) is 2.76. The monoisotopic (exact) mass is 361 g/mol. The highest BCUT2D eigenvalue weighted by Gasteiger charge is 2.34. The number of piperidine rings is 1. The molecule has 26 heavy (non-hydrogen) atoms.